The van der Waals surface area contributed by atoms with Crippen molar-refractivity contribution in [3.8, 4) is 39.1 Å². The number of para-hydroxylation sites is 4. The van der Waals surface area contributed by atoms with Gasteiger partial charge >= 0.3 is 0 Å². The Bertz CT molecular complexity index is 3930. The lowest BCUT2D eigenvalue weighted by molar-refractivity contribution is 0.793. The van der Waals surface area contributed by atoms with Crippen molar-refractivity contribution in [1.29, 1.82) is 0 Å². The van der Waals surface area contributed by atoms with Crippen molar-refractivity contribution < 1.29 is 0 Å². The minimum Gasteiger partial charge on any atom is -0.310 e. The second kappa shape index (κ2) is 16.0. The maximum absolute atomic E-state index is 2.45. The van der Waals surface area contributed by atoms with Gasteiger partial charge in [0.15, 0.2) is 0 Å². The number of rotatable bonds is 8. The lowest BCUT2D eigenvalue weighted by atomic mass is 9.70. The van der Waals surface area contributed by atoms with Crippen LogP contribution < -0.4 is 9.80 Å². The summed E-state index contributed by atoms with van der Waals surface area (Å²) in [4.78, 5) is 4.87. The zero-order chi connectivity index (χ0) is 46.2. The second-order valence-electron chi connectivity index (χ2n) is 18.4. The van der Waals surface area contributed by atoms with Crippen LogP contribution in [-0.4, -0.2) is 4.57 Å². The molecule has 1 atom stereocenters. The minimum absolute atomic E-state index is 0.543. The average molecular weight is 892 g/mol. The molecule has 1 spiro atoms. The number of hydrogen-bond donors (Lipinski definition) is 0. The Kier molecular flexibility index (Phi) is 9.11. The van der Waals surface area contributed by atoms with Crippen LogP contribution in [0, 0.1) is 0 Å². The van der Waals surface area contributed by atoms with Crippen LogP contribution in [0.5, 0.6) is 0 Å². The zero-order valence-corrected chi connectivity index (χ0v) is 38.3. The molecule has 0 bridgehead atoms. The molecule has 1 heterocycles. The van der Waals surface area contributed by atoms with Crippen molar-refractivity contribution in [2.45, 2.75) is 5.41 Å². The van der Waals surface area contributed by atoms with Crippen LogP contribution in [0.15, 0.2) is 273 Å². The summed E-state index contributed by atoms with van der Waals surface area (Å²) in [6, 6.07) is 100. The molecule has 2 aliphatic rings. The molecule has 0 N–H and O–H groups in total. The first kappa shape index (κ1) is 39.9. The molecule has 0 saturated heterocycles. The van der Waals surface area contributed by atoms with Gasteiger partial charge in [0.2, 0.25) is 0 Å². The van der Waals surface area contributed by atoms with Gasteiger partial charge in [0, 0.05) is 50.5 Å². The van der Waals surface area contributed by atoms with Crippen molar-refractivity contribution >= 4 is 55.9 Å². The van der Waals surface area contributed by atoms with Crippen LogP contribution in [0.3, 0.4) is 0 Å². The van der Waals surface area contributed by atoms with Crippen LogP contribution in [0.2, 0.25) is 0 Å². The summed E-state index contributed by atoms with van der Waals surface area (Å²) in [6.07, 6.45) is 0. The molecule has 0 amide bonds. The largest absolute Gasteiger partial charge is 0.310 e. The van der Waals surface area contributed by atoms with E-state index in [0.29, 0.717) is 0 Å². The fourth-order valence-electron chi connectivity index (χ4n) is 11.9. The van der Waals surface area contributed by atoms with E-state index in [0.717, 1.165) is 39.8 Å². The lowest BCUT2D eigenvalue weighted by Crippen LogP contribution is -2.26. The van der Waals surface area contributed by atoms with Gasteiger partial charge in [0.25, 0.3) is 0 Å². The Labute approximate surface area is 408 Å². The number of benzene rings is 11. The molecule has 0 radical (unpaired) electrons. The number of hydrogen-bond acceptors (Lipinski definition) is 2. The van der Waals surface area contributed by atoms with E-state index < -0.39 is 5.41 Å². The van der Waals surface area contributed by atoms with E-state index in [2.05, 4.69) is 287 Å². The third kappa shape index (κ3) is 5.95. The van der Waals surface area contributed by atoms with Crippen molar-refractivity contribution in [2.75, 3.05) is 9.80 Å². The summed E-state index contributed by atoms with van der Waals surface area (Å²) in [7, 11) is 0. The Balaban J connectivity index is 0.968. The van der Waals surface area contributed by atoms with Gasteiger partial charge in [-0.3, -0.25) is 0 Å². The monoisotopic (exact) mass is 891 g/mol. The van der Waals surface area contributed by atoms with Crippen molar-refractivity contribution in [3.05, 3.63) is 295 Å². The Morgan fingerprint density at radius 3 is 1.53 bits per heavy atom. The first-order valence-electron chi connectivity index (χ1n) is 24.2. The molecule has 3 heteroatoms. The molecular weight excluding hydrogens is 847 g/mol. The average Bonchev–Trinajstić information content (AvgIpc) is 4.04. The van der Waals surface area contributed by atoms with Gasteiger partial charge in [-0.25, -0.2) is 0 Å². The second-order valence-corrected chi connectivity index (χ2v) is 18.4. The highest BCUT2D eigenvalue weighted by Crippen LogP contribution is 2.65. The summed E-state index contributed by atoms with van der Waals surface area (Å²) < 4.78 is 2.40. The van der Waals surface area contributed by atoms with E-state index in [1.165, 1.54) is 77.4 Å². The van der Waals surface area contributed by atoms with Gasteiger partial charge in [-0.2, -0.15) is 0 Å². The van der Waals surface area contributed by atoms with Gasteiger partial charge in [0.1, 0.15) is 0 Å². The molecule has 70 heavy (non-hydrogen) atoms. The number of nitrogens with zero attached hydrogens (tertiary/aromatic N) is 3. The standard InChI is InChI=1S/C67H45N3/c1-5-20-46(21-6-1)47-36-38-51(39-37-47)69(49-24-9-3-10-25-49)64-35-19-33-62-66(64)57-30-14-17-32-60(57)67(62)59-31-16-13-28-54(59)58-44-52(41-43-61(58)67)68(48-22-7-2-8-23-48)53-40-42-56-55-29-15-18-34-63(55)70(65(56)45-53)50-26-11-4-12-27-50/h1-45H. The summed E-state index contributed by atoms with van der Waals surface area (Å²) in [5.41, 5.74) is 22.3. The molecule has 0 fully saturated rings. The van der Waals surface area contributed by atoms with E-state index in [4.69, 9.17) is 0 Å². The van der Waals surface area contributed by atoms with Crippen molar-refractivity contribution in [3.63, 3.8) is 0 Å². The highest BCUT2D eigenvalue weighted by molar-refractivity contribution is 6.10. The summed E-state index contributed by atoms with van der Waals surface area (Å²) in [6.45, 7) is 0. The fourth-order valence-corrected chi connectivity index (χ4v) is 11.9. The van der Waals surface area contributed by atoms with E-state index in [-0.39, 0.29) is 0 Å². The van der Waals surface area contributed by atoms with Crippen LogP contribution >= 0.6 is 0 Å². The van der Waals surface area contributed by atoms with E-state index in [1.807, 2.05) is 0 Å². The number of anilines is 6. The SMILES string of the molecule is c1ccc(-c2ccc(N(c3ccccc3)c3cccc4c3-c3ccccc3C43c4ccccc4-c4cc(N(c5ccccc5)c5ccc6c7ccccc7n(-c7ccccc7)c6c5)ccc43)cc2)cc1. The fraction of sp³-hybridized carbons (Fsp3) is 0.0149. The number of fused-ring (bicyclic) bond motifs is 13. The van der Waals surface area contributed by atoms with Gasteiger partial charge in [-0.05, 0) is 135 Å². The Morgan fingerprint density at radius 2 is 0.786 bits per heavy atom. The van der Waals surface area contributed by atoms with E-state index in [9.17, 15) is 0 Å². The molecular formula is C67H45N3. The van der Waals surface area contributed by atoms with E-state index in [1.54, 1.807) is 0 Å². The normalized spacial score (nSPS) is 14.1. The molecule has 1 unspecified atom stereocenters. The topological polar surface area (TPSA) is 11.4 Å². The van der Waals surface area contributed by atoms with E-state index >= 15 is 0 Å². The molecule has 1 aromatic heterocycles. The molecule has 11 aromatic carbocycles. The molecule has 12 aromatic rings. The third-order valence-corrected chi connectivity index (χ3v) is 14.8. The van der Waals surface area contributed by atoms with Gasteiger partial charge in [0.05, 0.1) is 22.1 Å². The predicted octanol–water partition coefficient (Wildman–Crippen LogP) is 17.7. The predicted molar refractivity (Wildman–Crippen MR) is 292 cm³/mol. The van der Waals surface area contributed by atoms with Crippen LogP contribution in [0.1, 0.15) is 22.3 Å². The third-order valence-electron chi connectivity index (χ3n) is 14.8. The minimum atomic E-state index is -0.543. The molecule has 0 aliphatic heterocycles. The smallest absolute Gasteiger partial charge is 0.0726 e. The van der Waals surface area contributed by atoms with Crippen molar-refractivity contribution in [2.24, 2.45) is 0 Å². The first-order valence-corrected chi connectivity index (χ1v) is 24.2. The summed E-state index contributed by atoms with van der Waals surface area (Å²) in [5.74, 6) is 0. The number of aromatic nitrogens is 1. The van der Waals surface area contributed by atoms with Gasteiger partial charge < -0.3 is 14.4 Å². The van der Waals surface area contributed by atoms with Gasteiger partial charge in [-0.1, -0.05) is 188 Å². The first-order chi connectivity index (χ1) is 34.8. The summed E-state index contributed by atoms with van der Waals surface area (Å²) >= 11 is 0. The molecule has 0 saturated carbocycles. The Hall–Kier alpha value is -9.18. The van der Waals surface area contributed by atoms with Crippen molar-refractivity contribution in [1.82, 2.24) is 4.57 Å². The van der Waals surface area contributed by atoms with Crippen LogP contribution in [-0.2, 0) is 5.41 Å². The summed E-state index contributed by atoms with van der Waals surface area (Å²) in [5, 5.41) is 2.47. The zero-order valence-electron chi connectivity index (χ0n) is 38.3. The highest BCUT2D eigenvalue weighted by Gasteiger charge is 2.52. The quantitative estimate of drug-likeness (QED) is 0.151. The maximum Gasteiger partial charge on any atom is 0.0726 e. The van der Waals surface area contributed by atoms with Crippen LogP contribution in [0.25, 0.3) is 60.9 Å². The maximum atomic E-state index is 2.45. The molecule has 328 valence electrons. The Morgan fingerprint density at radius 1 is 0.286 bits per heavy atom. The molecule has 3 nitrogen and oxygen atoms in total. The lowest BCUT2D eigenvalue weighted by Gasteiger charge is -2.32. The van der Waals surface area contributed by atoms with Crippen LogP contribution in [0.4, 0.5) is 34.1 Å². The molecule has 2 aliphatic carbocycles. The molecule has 14 rings (SSSR count). The highest BCUT2D eigenvalue weighted by atomic mass is 15.2. The van der Waals surface area contributed by atoms with Gasteiger partial charge in [-0.15, -0.1) is 0 Å².